The Bertz CT molecular complexity index is 1380. The second-order valence-corrected chi connectivity index (χ2v) is 9.43. The molecular formula is C35H28O. The lowest BCUT2D eigenvalue weighted by Crippen LogP contribution is -2.31. The summed E-state index contributed by atoms with van der Waals surface area (Å²) in [6, 6.07) is 52.1. The van der Waals surface area contributed by atoms with Gasteiger partial charge in [0.2, 0.25) is 0 Å². The van der Waals surface area contributed by atoms with E-state index < -0.39 is 5.60 Å². The molecule has 0 spiro atoms. The van der Waals surface area contributed by atoms with Gasteiger partial charge in [-0.25, -0.2) is 0 Å². The van der Waals surface area contributed by atoms with Crippen LogP contribution in [0.3, 0.4) is 0 Å². The van der Waals surface area contributed by atoms with E-state index >= 15 is 0 Å². The van der Waals surface area contributed by atoms with Gasteiger partial charge in [0.15, 0.2) is 0 Å². The van der Waals surface area contributed by atoms with E-state index in [1.165, 1.54) is 27.8 Å². The van der Waals surface area contributed by atoms with Gasteiger partial charge in [-0.1, -0.05) is 152 Å². The zero-order valence-corrected chi connectivity index (χ0v) is 20.0. The summed E-state index contributed by atoms with van der Waals surface area (Å²) in [7, 11) is 0. The van der Waals surface area contributed by atoms with Crippen molar-refractivity contribution in [3.05, 3.63) is 185 Å². The van der Waals surface area contributed by atoms with E-state index in [2.05, 4.69) is 115 Å². The van der Waals surface area contributed by atoms with Crippen LogP contribution >= 0.6 is 0 Å². The first kappa shape index (κ1) is 22.3. The van der Waals surface area contributed by atoms with Gasteiger partial charge in [0.25, 0.3) is 0 Å². The monoisotopic (exact) mass is 464 g/mol. The molecule has 6 rings (SSSR count). The third kappa shape index (κ3) is 3.88. The van der Waals surface area contributed by atoms with Crippen LogP contribution in [0.15, 0.2) is 157 Å². The molecule has 1 aliphatic rings. The second kappa shape index (κ2) is 9.45. The zero-order chi connectivity index (χ0) is 24.4. The maximum atomic E-state index is 12.8. The van der Waals surface area contributed by atoms with Crippen LogP contribution in [0.2, 0.25) is 0 Å². The smallest absolute Gasteiger partial charge is 0.122 e. The molecule has 0 unspecified atom stereocenters. The Balaban J connectivity index is 1.65. The summed E-state index contributed by atoms with van der Waals surface area (Å²) >= 11 is 0. The van der Waals surface area contributed by atoms with E-state index in [1.807, 2.05) is 36.4 Å². The second-order valence-electron chi connectivity index (χ2n) is 9.43. The quantitative estimate of drug-likeness (QED) is 0.271. The van der Waals surface area contributed by atoms with Gasteiger partial charge < -0.3 is 5.11 Å². The van der Waals surface area contributed by atoms with Crippen LogP contribution in [0.25, 0.3) is 5.57 Å². The SMILES string of the molecule is OC(c1ccccc1)(c1ccccc1)[C@@H]1C(=C(c2ccccc2)c2ccccc2)[C@H]1c1ccccc1. The maximum absolute atomic E-state index is 12.8. The zero-order valence-electron chi connectivity index (χ0n) is 20.0. The minimum atomic E-state index is -1.17. The molecule has 36 heavy (non-hydrogen) atoms. The fraction of sp³-hybridized carbons (Fsp3) is 0.0857. The Kier molecular flexibility index (Phi) is 5.85. The lowest BCUT2D eigenvalue weighted by atomic mass is 9.80. The van der Waals surface area contributed by atoms with Gasteiger partial charge in [-0.15, -0.1) is 0 Å². The van der Waals surface area contributed by atoms with Crippen LogP contribution in [-0.4, -0.2) is 5.11 Å². The molecule has 1 nitrogen and oxygen atoms in total. The van der Waals surface area contributed by atoms with Gasteiger partial charge in [0.05, 0.1) is 0 Å². The van der Waals surface area contributed by atoms with Crippen molar-refractivity contribution in [2.24, 2.45) is 5.92 Å². The van der Waals surface area contributed by atoms with Gasteiger partial charge in [0, 0.05) is 11.8 Å². The Morgan fingerprint density at radius 2 is 0.833 bits per heavy atom. The molecule has 0 aliphatic heterocycles. The van der Waals surface area contributed by atoms with Crippen molar-refractivity contribution >= 4 is 5.57 Å². The molecule has 1 heteroatoms. The molecule has 1 N–H and O–H groups in total. The molecular weight excluding hydrogens is 436 g/mol. The third-order valence-corrected chi connectivity index (χ3v) is 7.34. The van der Waals surface area contributed by atoms with Crippen molar-refractivity contribution in [1.29, 1.82) is 0 Å². The molecule has 0 saturated heterocycles. The van der Waals surface area contributed by atoms with Crippen molar-refractivity contribution in [3.8, 4) is 0 Å². The summed E-state index contributed by atoms with van der Waals surface area (Å²) in [6.07, 6.45) is 0. The van der Waals surface area contributed by atoms with Gasteiger partial charge in [0.1, 0.15) is 5.60 Å². The minimum absolute atomic E-state index is 0.0898. The molecule has 0 aromatic heterocycles. The summed E-state index contributed by atoms with van der Waals surface area (Å²) in [5.41, 5.74) is 6.71. The van der Waals surface area contributed by atoms with Crippen LogP contribution in [0.4, 0.5) is 0 Å². The highest BCUT2D eigenvalue weighted by Crippen LogP contribution is 2.66. The van der Waals surface area contributed by atoms with E-state index in [0.717, 1.165) is 11.1 Å². The van der Waals surface area contributed by atoms with E-state index in [1.54, 1.807) is 0 Å². The molecule has 0 radical (unpaired) electrons. The molecule has 0 amide bonds. The van der Waals surface area contributed by atoms with E-state index in [-0.39, 0.29) is 11.8 Å². The van der Waals surface area contributed by atoms with Crippen LogP contribution in [-0.2, 0) is 5.60 Å². The highest BCUT2D eigenvalue weighted by Gasteiger charge is 2.59. The van der Waals surface area contributed by atoms with Crippen molar-refractivity contribution in [3.63, 3.8) is 0 Å². The van der Waals surface area contributed by atoms with E-state index in [0.29, 0.717) is 0 Å². The molecule has 174 valence electrons. The lowest BCUT2D eigenvalue weighted by Gasteiger charge is -2.30. The lowest BCUT2D eigenvalue weighted by molar-refractivity contribution is 0.0584. The Labute approximate surface area is 213 Å². The van der Waals surface area contributed by atoms with Crippen molar-refractivity contribution in [2.45, 2.75) is 11.5 Å². The summed E-state index contributed by atoms with van der Waals surface area (Å²) in [5, 5.41) is 12.8. The average Bonchev–Trinajstić information content (AvgIpc) is 3.71. The fourth-order valence-corrected chi connectivity index (χ4v) is 5.69. The molecule has 1 saturated carbocycles. The first-order chi connectivity index (χ1) is 17.8. The van der Waals surface area contributed by atoms with E-state index in [9.17, 15) is 5.11 Å². The molecule has 5 aromatic rings. The van der Waals surface area contributed by atoms with Crippen LogP contribution < -0.4 is 0 Å². The predicted molar refractivity (Wildman–Crippen MR) is 147 cm³/mol. The number of hydrogen-bond acceptors (Lipinski definition) is 1. The molecule has 5 aromatic carbocycles. The summed E-state index contributed by atoms with van der Waals surface area (Å²) in [5.74, 6) is -0.0212. The topological polar surface area (TPSA) is 20.2 Å². The number of benzene rings is 5. The highest BCUT2D eigenvalue weighted by atomic mass is 16.3. The van der Waals surface area contributed by atoms with Crippen molar-refractivity contribution in [1.82, 2.24) is 0 Å². The molecule has 2 atom stereocenters. The standard InChI is InChI=1S/C35H28O/c36-35(29-22-12-4-13-23-29,30-24-14-5-15-25-30)34-32(28-20-10-3-11-21-28)33(34)31(26-16-6-1-7-17-26)27-18-8-2-9-19-27/h1-25,32,34,36H/t32-,34+/m1/s1. The normalized spacial score (nSPS) is 17.0. The molecule has 0 bridgehead atoms. The van der Waals surface area contributed by atoms with E-state index in [4.69, 9.17) is 0 Å². The predicted octanol–water partition coefficient (Wildman–Crippen LogP) is 7.84. The van der Waals surface area contributed by atoms with Crippen LogP contribution in [0, 0.1) is 5.92 Å². The number of aliphatic hydroxyl groups is 1. The fourth-order valence-electron chi connectivity index (χ4n) is 5.69. The van der Waals surface area contributed by atoms with Gasteiger partial charge in [-0.05, 0) is 39.0 Å². The number of rotatable bonds is 6. The van der Waals surface area contributed by atoms with Crippen molar-refractivity contribution < 1.29 is 5.11 Å². The van der Waals surface area contributed by atoms with Gasteiger partial charge in [-0.2, -0.15) is 0 Å². The Morgan fingerprint density at radius 3 is 1.25 bits per heavy atom. The molecule has 1 fully saturated rings. The number of hydrogen-bond donors (Lipinski definition) is 1. The first-order valence-corrected chi connectivity index (χ1v) is 12.5. The minimum Gasteiger partial charge on any atom is -0.380 e. The Morgan fingerprint density at radius 1 is 0.472 bits per heavy atom. The summed E-state index contributed by atoms with van der Waals surface area (Å²) in [6.45, 7) is 0. The first-order valence-electron chi connectivity index (χ1n) is 12.5. The highest BCUT2D eigenvalue weighted by molar-refractivity contribution is 5.87. The largest absolute Gasteiger partial charge is 0.380 e. The van der Waals surface area contributed by atoms with Gasteiger partial charge in [-0.3, -0.25) is 0 Å². The Hall–Kier alpha value is -4.20. The molecule has 1 aliphatic carbocycles. The summed E-state index contributed by atoms with van der Waals surface area (Å²) < 4.78 is 0. The average molecular weight is 465 g/mol. The maximum Gasteiger partial charge on any atom is 0.122 e. The van der Waals surface area contributed by atoms with Crippen LogP contribution in [0.1, 0.15) is 33.7 Å². The van der Waals surface area contributed by atoms with Crippen molar-refractivity contribution in [2.75, 3.05) is 0 Å². The van der Waals surface area contributed by atoms with Crippen LogP contribution in [0.5, 0.6) is 0 Å². The van der Waals surface area contributed by atoms with Gasteiger partial charge >= 0.3 is 0 Å². The summed E-state index contributed by atoms with van der Waals surface area (Å²) in [4.78, 5) is 0. The third-order valence-electron chi connectivity index (χ3n) is 7.34. The molecule has 0 heterocycles.